The third-order valence-electron chi connectivity index (χ3n) is 3.59. The number of rotatable bonds is 11. The fourth-order valence-corrected chi connectivity index (χ4v) is 2.69. The summed E-state index contributed by atoms with van der Waals surface area (Å²) in [6.45, 7) is 10.8. The van der Waals surface area contributed by atoms with Crippen LogP contribution in [-0.4, -0.2) is 56.1 Å². The normalized spacial score (nSPS) is 12.9. The zero-order valence-corrected chi connectivity index (χ0v) is 15.9. The first-order chi connectivity index (χ1) is 11.4. The van der Waals surface area contributed by atoms with Crippen molar-refractivity contribution in [3.8, 4) is 11.5 Å². The van der Waals surface area contributed by atoms with Gasteiger partial charge in [-0.1, -0.05) is 26.0 Å². The summed E-state index contributed by atoms with van der Waals surface area (Å²) in [5.41, 5.74) is 1.05. The molecule has 138 valence electrons. The summed E-state index contributed by atoms with van der Waals surface area (Å²) < 4.78 is 16.4. The maximum Gasteiger partial charge on any atom is 0.165 e. The topological polar surface area (TPSA) is 51.2 Å². The second-order valence-corrected chi connectivity index (χ2v) is 6.78. The standard InChI is InChI=1S/C19H33NO4/c1-14(2)10-20(12-17(21)13-24-15(3)4)11-16-8-7-9-18(22-5)19(16)23-6/h7-9,14-15,17,21H,10-13H2,1-6H3/t17-/m1/s1. The quantitative estimate of drug-likeness (QED) is 0.672. The highest BCUT2D eigenvalue weighted by molar-refractivity contribution is 5.46. The minimum Gasteiger partial charge on any atom is -0.493 e. The highest BCUT2D eigenvalue weighted by Gasteiger charge is 2.17. The van der Waals surface area contributed by atoms with Crippen LogP contribution in [0.15, 0.2) is 18.2 Å². The molecule has 0 radical (unpaired) electrons. The van der Waals surface area contributed by atoms with Gasteiger partial charge in [0.15, 0.2) is 11.5 Å². The molecule has 0 bridgehead atoms. The summed E-state index contributed by atoms with van der Waals surface area (Å²) in [6.07, 6.45) is -0.389. The van der Waals surface area contributed by atoms with Crippen LogP contribution >= 0.6 is 0 Å². The molecule has 0 aliphatic heterocycles. The lowest BCUT2D eigenvalue weighted by Gasteiger charge is -2.28. The van der Waals surface area contributed by atoms with Gasteiger partial charge in [0.25, 0.3) is 0 Å². The molecule has 0 aliphatic rings. The molecule has 0 spiro atoms. The van der Waals surface area contributed by atoms with Crippen molar-refractivity contribution in [1.29, 1.82) is 0 Å². The number of hydrogen-bond acceptors (Lipinski definition) is 5. The van der Waals surface area contributed by atoms with Crippen LogP contribution in [0.1, 0.15) is 33.3 Å². The van der Waals surface area contributed by atoms with Crippen molar-refractivity contribution in [3.05, 3.63) is 23.8 Å². The first kappa shape index (κ1) is 20.7. The lowest BCUT2D eigenvalue weighted by molar-refractivity contribution is -0.0109. The monoisotopic (exact) mass is 339 g/mol. The SMILES string of the molecule is COc1cccc(CN(CC(C)C)C[C@@H](O)COC(C)C)c1OC. The van der Waals surface area contributed by atoms with Crippen molar-refractivity contribution < 1.29 is 19.3 Å². The molecule has 1 atom stereocenters. The van der Waals surface area contributed by atoms with Crippen LogP contribution in [0.25, 0.3) is 0 Å². The fourth-order valence-electron chi connectivity index (χ4n) is 2.69. The summed E-state index contributed by atoms with van der Waals surface area (Å²) in [5.74, 6) is 1.98. The van der Waals surface area contributed by atoms with Crippen LogP contribution in [0, 0.1) is 5.92 Å². The van der Waals surface area contributed by atoms with Crippen molar-refractivity contribution in [3.63, 3.8) is 0 Å². The average Bonchev–Trinajstić information content (AvgIpc) is 2.51. The van der Waals surface area contributed by atoms with Gasteiger partial charge in [-0.05, 0) is 25.8 Å². The van der Waals surface area contributed by atoms with E-state index >= 15 is 0 Å². The van der Waals surface area contributed by atoms with Gasteiger partial charge in [0.2, 0.25) is 0 Å². The highest BCUT2D eigenvalue weighted by Crippen LogP contribution is 2.31. The molecule has 1 N–H and O–H groups in total. The minimum atomic E-state index is -0.511. The van der Waals surface area contributed by atoms with E-state index in [4.69, 9.17) is 14.2 Å². The number of methoxy groups -OCH3 is 2. The number of aliphatic hydroxyl groups is 1. The van der Waals surface area contributed by atoms with Gasteiger partial charge in [0.05, 0.1) is 33.0 Å². The van der Waals surface area contributed by atoms with Crippen molar-refractivity contribution in [1.82, 2.24) is 4.90 Å². The molecule has 1 rings (SSSR count). The molecule has 0 saturated carbocycles. The van der Waals surface area contributed by atoms with Crippen molar-refractivity contribution in [2.45, 2.75) is 46.4 Å². The van der Waals surface area contributed by atoms with Crippen LogP contribution < -0.4 is 9.47 Å². The van der Waals surface area contributed by atoms with E-state index in [1.165, 1.54) is 0 Å². The van der Waals surface area contributed by atoms with E-state index in [1.54, 1.807) is 14.2 Å². The van der Waals surface area contributed by atoms with E-state index in [9.17, 15) is 5.11 Å². The Balaban J connectivity index is 2.82. The number of para-hydroxylation sites is 1. The Morgan fingerprint density at radius 3 is 2.29 bits per heavy atom. The number of aliphatic hydroxyl groups excluding tert-OH is 1. The first-order valence-electron chi connectivity index (χ1n) is 8.59. The molecule has 0 amide bonds. The molecule has 24 heavy (non-hydrogen) atoms. The predicted molar refractivity (Wildman–Crippen MR) is 96.8 cm³/mol. The van der Waals surface area contributed by atoms with Crippen LogP contribution in [0.5, 0.6) is 11.5 Å². The molecule has 1 aromatic rings. The molecule has 1 aromatic carbocycles. The number of benzene rings is 1. The number of ether oxygens (including phenoxy) is 3. The van der Waals surface area contributed by atoms with Gasteiger partial charge in [0, 0.05) is 25.2 Å². The third-order valence-corrected chi connectivity index (χ3v) is 3.59. The molecular weight excluding hydrogens is 306 g/mol. The second-order valence-electron chi connectivity index (χ2n) is 6.78. The molecule has 0 unspecified atom stereocenters. The Morgan fingerprint density at radius 2 is 1.75 bits per heavy atom. The van der Waals surface area contributed by atoms with Gasteiger partial charge >= 0.3 is 0 Å². The summed E-state index contributed by atoms with van der Waals surface area (Å²) in [7, 11) is 3.29. The molecule has 0 fully saturated rings. The lowest BCUT2D eigenvalue weighted by Crippen LogP contribution is -2.37. The molecule has 0 aromatic heterocycles. The van der Waals surface area contributed by atoms with Crippen molar-refractivity contribution in [2.24, 2.45) is 5.92 Å². The van der Waals surface area contributed by atoms with Gasteiger partial charge in [-0.2, -0.15) is 0 Å². The van der Waals surface area contributed by atoms with E-state index in [0.29, 0.717) is 25.6 Å². The van der Waals surface area contributed by atoms with Crippen molar-refractivity contribution >= 4 is 0 Å². The summed E-state index contributed by atoms with van der Waals surface area (Å²) in [5, 5.41) is 10.3. The zero-order valence-electron chi connectivity index (χ0n) is 15.9. The predicted octanol–water partition coefficient (Wildman–Crippen LogP) is 2.95. The molecular formula is C19H33NO4. The molecule has 0 aliphatic carbocycles. The highest BCUT2D eigenvalue weighted by atomic mass is 16.5. The third kappa shape index (κ3) is 7.07. The molecule has 0 saturated heterocycles. The second kappa shape index (κ2) is 10.5. The molecule has 5 heteroatoms. The maximum absolute atomic E-state index is 10.3. The van der Waals surface area contributed by atoms with Gasteiger partial charge < -0.3 is 19.3 Å². The van der Waals surface area contributed by atoms with Gasteiger partial charge in [-0.15, -0.1) is 0 Å². The fraction of sp³-hybridized carbons (Fsp3) is 0.684. The Morgan fingerprint density at radius 1 is 1.04 bits per heavy atom. The number of hydrogen-bond donors (Lipinski definition) is 1. The van der Waals surface area contributed by atoms with Crippen LogP contribution in [0.2, 0.25) is 0 Å². The number of nitrogens with zero attached hydrogens (tertiary/aromatic N) is 1. The first-order valence-corrected chi connectivity index (χ1v) is 8.59. The van der Waals surface area contributed by atoms with E-state index in [1.807, 2.05) is 32.0 Å². The Bertz CT molecular complexity index is 476. The van der Waals surface area contributed by atoms with E-state index in [2.05, 4.69) is 18.7 Å². The van der Waals surface area contributed by atoms with E-state index in [-0.39, 0.29) is 6.10 Å². The van der Waals surface area contributed by atoms with Gasteiger partial charge in [0.1, 0.15) is 0 Å². The van der Waals surface area contributed by atoms with Gasteiger partial charge in [-0.25, -0.2) is 0 Å². The average molecular weight is 339 g/mol. The minimum absolute atomic E-state index is 0.122. The Hall–Kier alpha value is -1.30. The van der Waals surface area contributed by atoms with Crippen LogP contribution in [-0.2, 0) is 11.3 Å². The molecule has 5 nitrogen and oxygen atoms in total. The zero-order chi connectivity index (χ0) is 18.1. The van der Waals surface area contributed by atoms with Gasteiger partial charge in [-0.3, -0.25) is 4.90 Å². The van der Waals surface area contributed by atoms with Crippen LogP contribution in [0.4, 0.5) is 0 Å². The summed E-state index contributed by atoms with van der Waals surface area (Å²) >= 11 is 0. The largest absolute Gasteiger partial charge is 0.493 e. The van der Waals surface area contributed by atoms with E-state index in [0.717, 1.165) is 23.6 Å². The van der Waals surface area contributed by atoms with Crippen LogP contribution in [0.3, 0.4) is 0 Å². The summed E-state index contributed by atoms with van der Waals surface area (Å²) in [6, 6.07) is 5.88. The Labute approximate surface area is 146 Å². The van der Waals surface area contributed by atoms with Crippen molar-refractivity contribution in [2.75, 3.05) is 33.9 Å². The lowest BCUT2D eigenvalue weighted by atomic mass is 10.1. The smallest absolute Gasteiger partial charge is 0.165 e. The van der Waals surface area contributed by atoms with E-state index < -0.39 is 6.10 Å². The maximum atomic E-state index is 10.3. The summed E-state index contributed by atoms with van der Waals surface area (Å²) in [4.78, 5) is 2.23. The Kier molecular flexibility index (Phi) is 9.11. The molecule has 0 heterocycles.